The lowest BCUT2D eigenvalue weighted by Crippen LogP contribution is -2.20. The van der Waals surface area contributed by atoms with Crippen molar-refractivity contribution >= 4 is 32.9 Å². The van der Waals surface area contributed by atoms with Crippen LogP contribution in [-0.2, 0) is 0 Å². The van der Waals surface area contributed by atoms with Crippen molar-refractivity contribution in [2.45, 2.75) is 12.3 Å². The number of ether oxygens (including phenoxy) is 1. The van der Waals surface area contributed by atoms with E-state index in [4.69, 9.17) is 4.74 Å². The standard InChI is InChI=1S/C63H45NO/c1-3-15-45(16-4-1)57-36-32-50(40-59(57)47-17-5-2-6-18-47)44-30-34-53(35-31-44)64(42-43-14-9-24-52(38-43)56-27-11-20-46-19-7-8-26-55(46)56)54-25-10-23-49(39-54)51-33-37-61-60(41-51)58-28-12-21-48-22-13-29-62(65-61)63(48)58/h1-23,25-41,52H,24,42H2. The van der Waals surface area contributed by atoms with Crippen LogP contribution >= 0.6 is 0 Å². The third-order valence-corrected chi connectivity index (χ3v) is 13.2. The van der Waals surface area contributed by atoms with E-state index in [1.54, 1.807) is 0 Å². The van der Waals surface area contributed by atoms with E-state index >= 15 is 0 Å². The monoisotopic (exact) mass is 831 g/mol. The Balaban J connectivity index is 0.929. The number of nitrogens with zero attached hydrogens (tertiary/aromatic N) is 1. The average Bonchev–Trinajstić information content (AvgIpc) is 3.38. The van der Waals surface area contributed by atoms with Crippen LogP contribution in [0, 0.1) is 0 Å². The minimum atomic E-state index is 0.293. The number of hydrogen-bond acceptors (Lipinski definition) is 2. The zero-order valence-corrected chi connectivity index (χ0v) is 35.9. The molecule has 2 nitrogen and oxygen atoms in total. The van der Waals surface area contributed by atoms with Gasteiger partial charge in [0.1, 0.15) is 11.5 Å². The first-order chi connectivity index (χ1) is 32.2. The summed E-state index contributed by atoms with van der Waals surface area (Å²) in [4.78, 5) is 2.47. The van der Waals surface area contributed by atoms with E-state index < -0.39 is 0 Å². The van der Waals surface area contributed by atoms with E-state index in [0.717, 1.165) is 52.5 Å². The van der Waals surface area contributed by atoms with E-state index in [1.807, 2.05) is 0 Å². The van der Waals surface area contributed by atoms with Gasteiger partial charge in [-0.15, -0.1) is 0 Å². The molecule has 1 aliphatic heterocycles. The van der Waals surface area contributed by atoms with Gasteiger partial charge >= 0.3 is 0 Å². The molecule has 2 heteroatoms. The smallest absolute Gasteiger partial charge is 0.135 e. The fraction of sp³-hybridized carbons (Fsp3) is 0.0476. The number of anilines is 2. The van der Waals surface area contributed by atoms with Crippen molar-refractivity contribution < 1.29 is 4.74 Å². The zero-order chi connectivity index (χ0) is 43.1. The topological polar surface area (TPSA) is 12.5 Å². The summed E-state index contributed by atoms with van der Waals surface area (Å²) in [7, 11) is 0. The first kappa shape index (κ1) is 38.5. The predicted molar refractivity (Wildman–Crippen MR) is 273 cm³/mol. The fourth-order valence-electron chi connectivity index (χ4n) is 10.0. The molecule has 65 heavy (non-hydrogen) atoms. The van der Waals surface area contributed by atoms with Crippen LogP contribution in [0.15, 0.2) is 248 Å². The van der Waals surface area contributed by atoms with Crippen LogP contribution in [-0.4, -0.2) is 6.54 Å². The molecule has 10 aromatic rings. The molecular weight excluding hydrogens is 787 g/mol. The first-order valence-corrected chi connectivity index (χ1v) is 22.6. The van der Waals surface area contributed by atoms with Gasteiger partial charge in [0.25, 0.3) is 0 Å². The number of hydrogen-bond donors (Lipinski definition) is 0. The predicted octanol–water partition coefficient (Wildman–Crippen LogP) is 17.2. The molecule has 1 heterocycles. The summed E-state index contributed by atoms with van der Waals surface area (Å²) in [5.74, 6) is 2.10. The van der Waals surface area contributed by atoms with Gasteiger partial charge in [-0.1, -0.05) is 194 Å². The summed E-state index contributed by atoms with van der Waals surface area (Å²) in [5.41, 5.74) is 16.8. The summed E-state index contributed by atoms with van der Waals surface area (Å²) >= 11 is 0. The summed E-state index contributed by atoms with van der Waals surface area (Å²) in [6, 6.07) is 81.4. The van der Waals surface area contributed by atoms with E-state index in [9.17, 15) is 0 Å². The lowest BCUT2D eigenvalue weighted by Gasteiger charge is -2.28. The molecule has 0 bridgehead atoms. The minimum absolute atomic E-state index is 0.293. The van der Waals surface area contributed by atoms with Crippen molar-refractivity contribution in [2.24, 2.45) is 0 Å². The second-order valence-electron chi connectivity index (χ2n) is 17.2. The summed E-state index contributed by atoms with van der Waals surface area (Å²) in [5, 5.41) is 4.97. The second-order valence-corrected chi connectivity index (χ2v) is 17.2. The Morgan fingerprint density at radius 3 is 1.89 bits per heavy atom. The molecule has 1 unspecified atom stereocenters. The maximum Gasteiger partial charge on any atom is 0.135 e. The lowest BCUT2D eigenvalue weighted by molar-refractivity contribution is 0.487. The quantitative estimate of drug-likeness (QED) is 0.144. The van der Waals surface area contributed by atoms with Gasteiger partial charge < -0.3 is 9.64 Å². The van der Waals surface area contributed by atoms with Crippen LogP contribution in [0.3, 0.4) is 0 Å². The number of allylic oxidation sites excluding steroid dienone is 2. The van der Waals surface area contributed by atoms with Crippen LogP contribution in [0.2, 0.25) is 0 Å². The van der Waals surface area contributed by atoms with Gasteiger partial charge in [0, 0.05) is 34.8 Å². The van der Waals surface area contributed by atoms with Crippen molar-refractivity contribution in [3.8, 4) is 67.1 Å². The summed E-state index contributed by atoms with van der Waals surface area (Å²) < 4.78 is 6.48. The minimum Gasteiger partial charge on any atom is -0.456 e. The Hall–Kier alpha value is -8.20. The number of rotatable bonds is 9. The first-order valence-electron chi connectivity index (χ1n) is 22.6. The van der Waals surface area contributed by atoms with E-state index in [0.29, 0.717) is 5.92 Å². The molecule has 0 aromatic heterocycles. The lowest BCUT2D eigenvalue weighted by atomic mass is 9.86. The molecule has 0 saturated carbocycles. The van der Waals surface area contributed by atoms with Crippen LogP contribution in [0.5, 0.6) is 11.5 Å². The second kappa shape index (κ2) is 16.5. The molecule has 0 spiro atoms. The van der Waals surface area contributed by atoms with Crippen molar-refractivity contribution in [3.63, 3.8) is 0 Å². The largest absolute Gasteiger partial charge is 0.456 e. The zero-order valence-electron chi connectivity index (χ0n) is 35.9. The number of benzene rings is 10. The Kier molecular flexibility index (Phi) is 9.76. The van der Waals surface area contributed by atoms with Crippen molar-refractivity contribution in [2.75, 3.05) is 11.4 Å². The highest BCUT2D eigenvalue weighted by Crippen LogP contribution is 2.48. The molecular formula is C63H45NO. The van der Waals surface area contributed by atoms with Crippen LogP contribution in [0.4, 0.5) is 11.4 Å². The van der Waals surface area contributed by atoms with Crippen molar-refractivity contribution in [1.82, 2.24) is 0 Å². The SMILES string of the molecule is C1=CC(CN(c2ccc(-c3ccc(-c4ccccc4)c(-c4ccccc4)c3)cc2)c2cccc(-c3ccc4c(c3)-c3cccc5cccc(c35)O4)c2)=CC(c2cccc3ccccc23)C1. The Bertz CT molecular complexity index is 3440. The molecule has 10 aromatic carbocycles. The molecule has 0 fully saturated rings. The fourth-order valence-corrected chi connectivity index (χ4v) is 10.0. The highest BCUT2D eigenvalue weighted by Gasteiger charge is 2.22. The van der Waals surface area contributed by atoms with Gasteiger partial charge in [0.2, 0.25) is 0 Å². The van der Waals surface area contributed by atoms with Gasteiger partial charge in [-0.3, -0.25) is 0 Å². The van der Waals surface area contributed by atoms with Gasteiger partial charge in [-0.05, 0) is 132 Å². The molecule has 0 amide bonds. The molecule has 1 aliphatic carbocycles. The van der Waals surface area contributed by atoms with Gasteiger partial charge in [-0.25, -0.2) is 0 Å². The maximum atomic E-state index is 6.48. The van der Waals surface area contributed by atoms with Gasteiger partial charge in [-0.2, -0.15) is 0 Å². The van der Waals surface area contributed by atoms with Gasteiger partial charge in [0.15, 0.2) is 0 Å². The molecule has 1 atom stereocenters. The maximum absolute atomic E-state index is 6.48. The number of fused-ring (bicyclic) bond motifs is 3. The summed E-state index contributed by atoms with van der Waals surface area (Å²) in [6.07, 6.45) is 8.16. The van der Waals surface area contributed by atoms with E-state index in [-0.39, 0.29) is 0 Å². The average molecular weight is 832 g/mol. The van der Waals surface area contributed by atoms with Crippen LogP contribution < -0.4 is 9.64 Å². The van der Waals surface area contributed by atoms with Crippen LogP contribution in [0.25, 0.3) is 77.2 Å². The molecule has 0 N–H and O–H groups in total. The Morgan fingerprint density at radius 1 is 0.415 bits per heavy atom. The Labute approximate surface area is 380 Å². The third kappa shape index (κ3) is 7.29. The normalized spacial score (nSPS) is 13.8. The Morgan fingerprint density at radius 2 is 1.05 bits per heavy atom. The molecule has 0 radical (unpaired) electrons. The van der Waals surface area contributed by atoms with E-state index in [1.165, 1.54) is 71.6 Å². The highest BCUT2D eigenvalue weighted by atomic mass is 16.5. The molecule has 308 valence electrons. The third-order valence-electron chi connectivity index (χ3n) is 13.2. The van der Waals surface area contributed by atoms with Crippen molar-refractivity contribution in [3.05, 3.63) is 254 Å². The molecule has 0 saturated heterocycles. The van der Waals surface area contributed by atoms with Crippen molar-refractivity contribution in [1.29, 1.82) is 0 Å². The van der Waals surface area contributed by atoms with Gasteiger partial charge in [0.05, 0.1) is 0 Å². The molecule has 12 rings (SSSR count). The van der Waals surface area contributed by atoms with Crippen LogP contribution in [0.1, 0.15) is 17.9 Å². The van der Waals surface area contributed by atoms with E-state index in [2.05, 4.69) is 248 Å². The molecule has 2 aliphatic rings. The summed E-state index contributed by atoms with van der Waals surface area (Å²) in [6.45, 7) is 0.724. The highest BCUT2D eigenvalue weighted by molar-refractivity contribution is 6.04.